The van der Waals surface area contributed by atoms with Crippen molar-refractivity contribution in [2.75, 3.05) is 14.2 Å². The number of fused-ring (bicyclic) bond motifs is 1. The number of nitrogens with one attached hydrogen (secondary N) is 1. The zero-order valence-electron chi connectivity index (χ0n) is 13.7. The minimum atomic E-state index is -0.747. The molecular formula is C18H16N2O5. The summed E-state index contributed by atoms with van der Waals surface area (Å²) in [6.07, 6.45) is 0. The van der Waals surface area contributed by atoms with E-state index in [-0.39, 0.29) is 6.54 Å². The molecule has 0 aliphatic carbocycles. The smallest absolute Gasteiger partial charge is 0.337 e. The Hall–Kier alpha value is -3.35. The van der Waals surface area contributed by atoms with E-state index >= 15 is 0 Å². The van der Waals surface area contributed by atoms with Gasteiger partial charge in [0.05, 0.1) is 37.4 Å². The lowest BCUT2D eigenvalue weighted by Gasteiger charge is -2.11. The second-order valence-electron chi connectivity index (χ2n) is 5.42. The summed E-state index contributed by atoms with van der Waals surface area (Å²) in [6, 6.07) is 11.9. The average molecular weight is 340 g/mol. The number of aromatic amines is 1. The maximum atomic E-state index is 12.3. The molecule has 0 spiro atoms. The molecule has 7 nitrogen and oxygen atoms in total. The molecule has 0 amide bonds. The van der Waals surface area contributed by atoms with Gasteiger partial charge in [-0.1, -0.05) is 12.1 Å². The quantitative estimate of drug-likeness (QED) is 0.575. The minimum Gasteiger partial charge on any atom is -0.497 e. The largest absolute Gasteiger partial charge is 0.497 e. The monoisotopic (exact) mass is 340 g/mol. The molecule has 0 saturated heterocycles. The van der Waals surface area contributed by atoms with E-state index in [0.717, 1.165) is 5.56 Å². The lowest BCUT2D eigenvalue weighted by atomic mass is 10.1. The summed E-state index contributed by atoms with van der Waals surface area (Å²) < 4.78 is 11.2. The number of methoxy groups -OCH3 is 2. The predicted octanol–water partition coefficient (Wildman–Crippen LogP) is 1.53. The predicted molar refractivity (Wildman–Crippen MR) is 92.3 cm³/mol. The van der Waals surface area contributed by atoms with Gasteiger partial charge in [0.15, 0.2) is 0 Å². The Morgan fingerprint density at radius 2 is 1.80 bits per heavy atom. The molecule has 7 heteroatoms. The van der Waals surface area contributed by atoms with E-state index in [1.165, 1.54) is 17.7 Å². The summed E-state index contributed by atoms with van der Waals surface area (Å²) in [5.74, 6) is 0.185. The Balaban J connectivity index is 2.12. The molecule has 0 fully saturated rings. The molecule has 0 unspecified atom stereocenters. The SMILES string of the molecule is COC(=O)c1ccc2c(c1)[nH]c(=O)c(=O)n2Cc1ccc(OC)cc1. The Labute approximate surface area is 142 Å². The lowest BCUT2D eigenvalue weighted by Crippen LogP contribution is -2.36. The van der Waals surface area contributed by atoms with Crippen molar-refractivity contribution in [2.24, 2.45) is 0 Å². The van der Waals surface area contributed by atoms with Crippen molar-refractivity contribution in [3.8, 4) is 5.75 Å². The van der Waals surface area contributed by atoms with Crippen molar-refractivity contribution in [2.45, 2.75) is 6.54 Å². The highest BCUT2D eigenvalue weighted by Gasteiger charge is 2.12. The van der Waals surface area contributed by atoms with Gasteiger partial charge in [-0.25, -0.2) is 4.79 Å². The molecule has 2 aromatic carbocycles. The molecular weight excluding hydrogens is 324 g/mol. The molecule has 25 heavy (non-hydrogen) atoms. The number of carbonyl (C=O) groups is 1. The summed E-state index contributed by atoms with van der Waals surface area (Å²) in [5.41, 5.74) is 0.637. The van der Waals surface area contributed by atoms with E-state index in [0.29, 0.717) is 22.3 Å². The number of aromatic nitrogens is 2. The van der Waals surface area contributed by atoms with Gasteiger partial charge in [-0.2, -0.15) is 0 Å². The maximum absolute atomic E-state index is 12.3. The van der Waals surface area contributed by atoms with Crippen LogP contribution in [0.25, 0.3) is 11.0 Å². The molecule has 0 aliphatic rings. The lowest BCUT2D eigenvalue weighted by molar-refractivity contribution is 0.0601. The van der Waals surface area contributed by atoms with Gasteiger partial charge in [-0.3, -0.25) is 14.2 Å². The van der Waals surface area contributed by atoms with E-state index < -0.39 is 17.1 Å². The third kappa shape index (κ3) is 3.16. The van der Waals surface area contributed by atoms with Crippen LogP contribution >= 0.6 is 0 Å². The van der Waals surface area contributed by atoms with Crippen molar-refractivity contribution in [1.29, 1.82) is 0 Å². The van der Waals surface area contributed by atoms with Crippen LogP contribution in [0, 0.1) is 0 Å². The molecule has 128 valence electrons. The Bertz CT molecular complexity index is 1050. The van der Waals surface area contributed by atoms with Gasteiger partial charge in [0, 0.05) is 0 Å². The maximum Gasteiger partial charge on any atom is 0.337 e. The Kier molecular flexibility index (Phi) is 4.38. The molecule has 1 aromatic heterocycles. The number of carbonyl (C=O) groups excluding carboxylic acids is 1. The first kappa shape index (κ1) is 16.5. The summed E-state index contributed by atoms with van der Waals surface area (Å²) in [5, 5.41) is 0. The van der Waals surface area contributed by atoms with E-state index in [2.05, 4.69) is 9.72 Å². The van der Waals surface area contributed by atoms with Crippen LogP contribution in [-0.2, 0) is 11.3 Å². The summed E-state index contributed by atoms with van der Waals surface area (Å²) in [7, 11) is 2.85. The third-order valence-electron chi connectivity index (χ3n) is 3.90. The van der Waals surface area contributed by atoms with Crippen LogP contribution in [0.1, 0.15) is 15.9 Å². The zero-order chi connectivity index (χ0) is 18.0. The molecule has 0 aliphatic heterocycles. The van der Waals surface area contributed by atoms with Crippen molar-refractivity contribution in [3.05, 3.63) is 74.3 Å². The molecule has 1 heterocycles. The van der Waals surface area contributed by atoms with Crippen molar-refractivity contribution >= 4 is 17.0 Å². The highest BCUT2D eigenvalue weighted by molar-refractivity contribution is 5.93. The number of esters is 1. The highest BCUT2D eigenvalue weighted by atomic mass is 16.5. The number of benzene rings is 2. The van der Waals surface area contributed by atoms with E-state index in [9.17, 15) is 14.4 Å². The molecule has 0 bridgehead atoms. The van der Waals surface area contributed by atoms with Crippen LogP contribution in [0.15, 0.2) is 52.1 Å². The van der Waals surface area contributed by atoms with Gasteiger partial charge in [0.25, 0.3) is 0 Å². The van der Waals surface area contributed by atoms with Crippen LogP contribution < -0.4 is 15.9 Å². The van der Waals surface area contributed by atoms with Crippen molar-refractivity contribution < 1.29 is 14.3 Å². The Morgan fingerprint density at radius 3 is 2.44 bits per heavy atom. The van der Waals surface area contributed by atoms with Crippen molar-refractivity contribution in [1.82, 2.24) is 9.55 Å². The topological polar surface area (TPSA) is 90.4 Å². The number of H-pyrrole nitrogens is 1. The fourth-order valence-corrected chi connectivity index (χ4v) is 2.59. The first-order valence-electron chi connectivity index (χ1n) is 7.51. The fourth-order valence-electron chi connectivity index (χ4n) is 2.59. The molecule has 1 N–H and O–H groups in total. The molecule has 0 saturated carbocycles. The van der Waals surface area contributed by atoms with E-state index in [1.54, 1.807) is 31.4 Å². The van der Waals surface area contributed by atoms with Crippen LogP contribution in [0.5, 0.6) is 5.75 Å². The van der Waals surface area contributed by atoms with Gasteiger partial charge in [-0.05, 0) is 35.9 Å². The standard InChI is InChI=1S/C18H16N2O5/c1-24-13-6-3-11(4-7-13)10-20-15-8-5-12(18(23)25-2)9-14(15)19-16(21)17(20)22/h3-9H,10H2,1-2H3,(H,19,21). The highest BCUT2D eigenvalue weighted by Crippen LogP contribution is 2.16. The van der Waals surface area contributed by atoms with E-state index in [4.69, 9.17) is 4.74 Å². The summed E-state index contributed by atoms with van der Waals surface area (Å²) in [6.45, 7) is 0.223. The van der Waals surface area contributed by atoms with Crippen LogP contribution in [0.4, 0.5) is 0 Å². The fraction of sp³-hybridized carbons (Fsp3) is 0.167. The van der Waals surface area contributed by atoms with Crippen LogP contribution in [-0.4, -0.2) is 29.7 Å². The number of nitrogens with zero attached hydrogens (tertiary/aromatic N) is 1. The summed E-state index contributed by atoms with van der Waals surface area (Å²) >= 11 is 0. The third-order valence-corrected chi connectivity index (χ3v) is 3.90. The molecule has 3 aromatic rings. The van der Waals surface area contributed by atoms with Gasteiger partial charge in [0.1, 0.15) is 5.75 Å². The van der Waals surface area contributed by atoms with Crippen molar-refractivity contribution in [3.63, 3.8) is 0 Å². The molecule has 0 atom stereocenters. The van der Waals surface area contributed by atoms with Crippen LogP contribution in [0.3, 0.4) is 0 Å². The first-order chi connectivity index (χ1) is 12.0. The number of rotatable bonds is 4. The van der Waals surface area contributed by atoms with Gasteiger partial charge in [0.2, 0.25) is 0 Å². The van der Waals surface area contributed by atoms with E-state index in [1.807, 2.05) is 12.1 Å². The number of hydrogen-bond donors (Lipinski definition) is 1. The zero-order valence-corrected chi connectivity index (χ0v) is 13.7. The Morgan fingerprint density at radius 1 is 1.08 bits per heavy atom. The second-order valence-corrected chi connectivity index (χ2v) is 5.42. The number of ether oxygens (including phenoxy) is 2. The van der Waals surface area contributed by atoms with Crippen LogP contribution in [0.2, 0.25) is 0 Å². The second kappa shape index (κ2) is 6.64. The molecule has 3 rings (SSSR count). The minimum absolute atomic E-state index is 0.223. The normalized spacial score (nSPS) is 10.6. The molecule has 0 radical (unpaired) electrons. The summed E-state index contributed by atoms with van der Waals surface area (Å²) in [4.78, 5) is 38.4. The van der Waals surface area contributed by atoms with Gasteiger partial charge >= 0.3 is 17.1 Å². The first-order valence-corrected chi connectivity index (χ1v) is 7.51. The van der Waals surface area contributed by atoms with Gasteiger partial charge < -0.3 is 14.5 Å². The average Bonchev–Trinajstić information content (AvgIpc) is 2.64. The van der Waals surface area contributed by atoms with Gasteiger partial charge in [-0.15, -0.1) is 0 Å². The number of hydrogen-bond acceptors (Lipinski definition) is 5.